The molecule has 2 amide bonds. The van der Waals surface area contributed by atoms with E-state index < -0.39 is 22.0 Å². The number of ether oxygens (including phenoxy) is 1. The summed E-state index contributed by atoms with van der Waals surface area (Å²) in [6.45, 7) is 5.36. The van der Waals surface area contributed by atoms with Gasteiger partial charge in [0.05, 0.1) is 22.9 Å². The zero-order valence-corrected chi connectivity index (χ0v) is 18.5. The maximum atomic E-state index is 12.9. The molecule has 0 spiro atoms. The zero-order chi connectivity index (χ0) is 23.0. The number of aliphatic hydroxyl groups is 1. The van der Waals surface area contributed by atoms with Gasteiger partial charge in [0.1, 0.15) is 11.9 Å². The van der Waals surface area contributed by atoms with Crippen molar-refractivity contribution in [3.05, 3.63) is 48.0 Å². The van der Waals surface area contributed by atoms with Gasteiger partial charge in [-0.25, -0.2) is 8.42 Å². The third kappa shape index (κ3) is 7.26. The molecule has 31 heavy (non-hydrogen) atoms. The minimum atomic E-state index is -3.96. The number of amides is 2. The average molecular weight is 450 g/mol. The monoisotopic (exact) mass is 449 g/mol. The highest BCUT2D eigenvalue weighted by Crippen LogP contribution is 2.29. The van der Waals surface area contributed by atoms with E-state index in [2.05, 4.69) is 15.4 Å². The van der Waals surface area contributed by atoms with Crippen LogP contribution in [0.4, 0.5) is 11.4 Å². The summed E-state index contributed by atoms with van der Waals surface area (Å²) in [6.07, 6.45) is -0.694. The Kier molecular flexibility index (Phi) is 8.40. The second kappa shape index (κ2) is 10.8. The third-order valence-corrected chi connectivity index (χ3v) is 5.59. The van der Waals surface area contributed by atoms with E-state index in [0.29, 0.717) is 25.3 Å². The van der Waals surface area contributed by atoms with E-state index >= 15 is 0 Å². The number of benzene rings is 2. The highest BCUT2D eigenvalue weighted by molar-refractivity contribution is 7.92. The van der Waals surface area contributed by atoms with Crippen molar-refractivity contribution < 1.29 is 27.9 Å². The smallest absolute Gasteiger partial charge is 0.261 e. The van der Waals surface area contributed by atoms with Gasteiger partial charge in [-0.2, -0.15) is 0 Å². The van der Waals surface area contributed by atoms with Crippen molar-refractivity contribution in [2.45, 2.75) is 38.2 Å². The third-order valence-electron chi connectivity index (χ3n) is 4.20. The van der Waals surface area contributed by atoms with Gasteiger partial charge >= 0.3 is 0 Å². The van der Waals surface area contributed by atoms with Crippen LogP contribution in [0.2, 0.25) is 0 Å². The summed E-state index contributed by atoms with van der Waals surface area (Å²) in [7, 11) is -3.96. The fraction of sp³-hybridized carbons (Fsp3) is 0.333. The number of hydrogen-bond donors (Lipinski definition) is 4. The van der Waals surface area contributed by atoms with E-state index in [9.17, 15) is 23.1 Å². The van der Waals surface area contributed by atoms with Gasteiger partial charge in [0, 0.05) is 19.5 Å². The van der Waals surface area contributed by atoms with E-state index in [1.165, 1.54) is 38.1 Å². The van der Waals surface area contributed by atoms with Crippen molar-refractivity contribution in [3.8, 4) is 5.75 Å². The molecule has 2 rings (SSSR count). The standard InChI is InChI=1S/C21H27N3O6S/c1-4-30-17-7-10-19(23-21(27)14(2)25)20(13-17)24-31(28,29)18-8-5-16(6-9-18)11-12-22-15(3)26/h5-10,13-14,24-25H,4,11-12H2,1-3H3,(H,22,26)(H,23,27)/t14-/m0/s1. The van der Waals surface area contributed by atoms with E-state index in [1.807, 2.05) is 0 Å². The first kappa shape index (κ1) is 24.2. The van der Waals surface area contributed by atoms with Crippen molar-refractivity contribution in [2.75, 3.05) is 23.2 Å². The molecular weight excluding hydrogens is 422 g/mol. The Balaban J connectivity index is 2.24. The van der Waals surface area contributed by atoms with E-state index in [-0.39, 0.29) is 22.2 Å². The maximum Gasteiger partial charge on any atom is 0.261 e. The molecule has 0 heterocycles. The normalized spacial score (nSPS) is 12.0. The Hall–Kier alpha value is -3.11. The lowest BCUT2D eigenvalue weighted by Gasteiger charge is -2.16. The van der Waals surface area contributed by atoms with Crippen LogP contribution < -0.4 is 20.1 Å². The molecule has 0 radical (unpaired) electrons. The van der Waals surface area contributed by atoms with Crippen LogP contribution in [0.5, 0.6) is 5.75 Å². The predicted molar refractivity (Wildman–Crippen MR) is 118 cm³/mol. The first-order valence-corrected chi connectivity index (χ1v) is 11.2. The maximum absolute atomic E-state index is 12.9. The van der Waals surface area contributed by atoms with Gasteiger partial charge in [-0.3, -0.25) is 14.3 Å². The second-order valence-corrected chi connectivity index (χ2v) is 8.47. The molecule has 0 aliphatic heterocycles. The molecule has 10 heteroatoms. The van der Waals surface area contributed by atoms with Crippen molar-refractivity contribution in [1.82, 2.24) is 5.32 Å². The summed E-state index contributed by atoms with van der Waals surface area (Å²) in [6, 6.07) is 10.8. The van der Waals surface area contributed by atoms with Gasteiger partial charge in [0.25, 0.3) is 15.9 Å². The van der Waals surface area contributed by atoms with Crippen molar-refractivity contribution in [2.24, 2.45) is 0 Å². The molecule has 0 saturated carbocycles. The van der Waals surface area contributed by atoms with Gasteiger partial charge in [-0.05, 0) is 50.1 Å². The van der Waals surface area contributed by atoms with E-state index in [0.717, 1.165) is 5.56 Å². The molecule has 2 aromatic carbocycles. The molecule has 0 aromatic heterocycles. The summed E-state index contributed by atoms with van der Waals surface area (Å²) < 4.78 is 33.7. The summed E-state index contributed by atoms with van der Waals surface area (Å²) in [5.74, 6) is -0.382. The largest absolute Gasteiger partial charge is 0.494 e. The molecular formula is C21H27N3O6S. The number of carbonyl (C=O) groups excluding carboxylic acids is 2. The molecule has 168 valence electrons. The lowest BCUT2D eigenvalue weighted by molar-refractivity contribution is -0.123. The summed E-state index contributed by atoms with van der Waals surface area (Å²) in [5, 5.41) is 14.6. The van der Waals surface area contributed by atoms with Crippen LogP contribution in [0.1, 0.15) is 26.3 Å². The van der Waals surface area contributed by atoms with Crippen LogP contribution >= 0.6 is 0 Å². The number of carbonyl (C=O) groups is 2. The van der Waals surface area contributed by atoms with Crippen LogP contribution in [0.25, 0.3) is 0 Å². The van der Waals surface area contributed by atoms with Gasteiger partial charge in [-0.15, -0.1) is 0 Å². The number of nitrogens with one attached hydrogen (secondary N) is 3. The Bertz CT molecular complexity index is 1020. The number of anilines is 2. The molecule has 0 bridgehead atoms. The Labute approximate surface area is 181 Å². The molecule has 0 aliphatic rings. The lowest BCUT2D eigenvalue weighted by atomic mass is 10.1. The molecule has 1 atom stereocenters. The summed E-state index contributed by atoms with van der Waals surface area (Å²) in [5.41, 5.74) is 1.16. The van der Waals surface area contributed by atoms with Gasteiger partial charge in [0.2, 0.25) is 5.91 Å². The van der Waals surface area contributed by atoms with E-state index in [1.54, 1.807) is 25.1 Å². The number of aliphatic hydroxyl groups excluding tert-OH is 1. The van der Waals surface area contributed by atoms with E-state index in [4.69, 9.17) is 4.74 Å². The molecule has 4 N–H and O–H groups in total. The highest BCUT2D eigenvalue weighted by Gasteiger charge is 2.19. The fourth-order valence-corrected chi connectivity index (χ4v) is 3.70. The predicted octanol–water partition coefficient (Wildman–Crippen LogP) is 1.88. The lowest BCUT2D eigenvalue weighted by Crippen LogP contribution is -2.25. The Morgan fingerprint density at radius 1 is 1.10 bits per heavy atom. The molecule has 2 aromatic rings. The van der Waals surface area contributed by atoms with Crippen LogP contribution in [-0.4, -0.2) is 44.6 Å². The average Bonchev–Trinajstić information content (AvgIpc) is 2.70. The Morgan fingerprint density at radius 3 is 2.35 bits per heavy atom. The minimum Gasteiger partial charge on any atom is -0.494 e. The molecule has 0 aliphatic carbocycles. The molecule has 0 fully saturated rings. The van der Waals surface area contributed by atoms with Crippen LogP contribution in [0.3, 0.4) is 0 Å². The number of rotatable bonds is 10. The fourth-order valence-electron chi connectivity index (χ4n) is 2.63. The van der Waals surface area contributed by atoms with Crippen molar-refractivity contribution in [1.29, 1.82) is 0 Å². The number of sulfonamides is 1. The molecule has 0 saturated heterocycles. The quantitative estimate of drug-likeness (QED) is 0.438. The molecule has 0 unspecified atom stereocenters. The summed E-state index contributed by atoms with van der Waals surface area (Å²) in [4.78, 5) is 22.9. The van der Waals surface area contributed by atoms with Crippen molar-refractivity contribution >= 4 is 33.2 Å². The summed E-state index contributed by atoms with van der Waals surface area (Å²) >= 11 is 0. The number of hydrogen-bond acceptors (Lipinski definition) is 6. The zero-order valence-electron chi connectivity index (χ0n) is 17.6. The minimum absolute atomic E-state index is 0.0328. The SMILES string of the molecule is CCOc1ccc(NC(=O)[C@H](C)O)c(NS(=O)(=O)c2ccc(CCNC(C)=O)cc2)c1. The van der Waals surface area contributed by atoms with Crippen LogP contribution in [-0.2, 0) is 26.0 Å². The van der Waals surface area contributed by atoms with Gasteiger partial charge in [-0.1, -0.05) is 12.1 Å². The van der Waals surface area contributed by atoms with Crippen LogP contribution in [0.15, 0.2) is 47.4 Å². The highest BCUT2D eigenvalue weighted by atomic mass is 32.2. The van der Waals surface area contributed by atoms with Gasteiger partial charge in [0.15, 0.2) is 0 Å². The topological polar surface area (TPSA) is 134 Å². The second-order valence-electron chi connectivity index (χ2n) is 6.79. The molecule has 9 nitrogen and oxygen atoms in total. The first-order chi connectivity index (χ1) is 14.6. The van der Waals surface area contributed by atoms with Crippen LogP contribution in [0, 0.1) is 0 Å². The Morgan fingerprint density at radius 2 is 1.77 bits per heavy atom. The first-order valence-electron chi connectivity index (χ1n) is 9.74. The van der Waals surface area contributed by atoms with Gasteiger partial charge < -0.3 is 20.5 Å². The van der Waals surface area contributed by atoms with Crippen molar-refractivity contribution in [3.63, 3.8) is 0 Å².